The molecular formula is C18H25NO2. The van der Waals surface area contributed by atoms with Crippen molar-refractivity contribution in [3.63, 3.8) is 0 Å². The summed E-state index contributed by atoms with van der Waals surface area (Å²) in [7, 11) is 0. The number of carbonyl (C=O) groups is 1. The first-order chi connectivity index (χ1) is 9.79. The van der Waals surface area contributed by atoms with Crippen LogP contribution in [0.2, 0.25) is 0 Å². The largest absolute Gasteiger partial charge is 0.396 e. The molecule has 1 saturated carbocycles. The molecule has 1 amide bonds. The molecule has 1 aromatic carbocycles. The van der Waals surface area contributed by atoms with Gasteiger partial charge >= 0.3 is 0 Å². The molecule has 1 aliphatic carbocycles. The minimum atomic E-state index is 0.0945. The third-order valence-corrected chi connectivity index (χ3v) is 5.65. The van der Waals surface area contributed by atoms with Gasteiger partial charge in [0, 0.05) is 25.8 Å². The monoisotopic (exact) mass is 287 g/mol. The van der Waals surface area contributed by atoms with E-state index in [4.69, 9.17) is 0 Å². The number of benzene rings is 1. The van der Waals surface area contributed by atoms with Gasteiger partial charge in [-0.2, -0.15) is 0 Å². The van der Waals surface area contributed by atoms with E-state index in [2.05, 4.69) is 39.0 Å². The van der Waals surface area contributed by atoms with E-state index in [0.717, 1.165) is 25.1 Å². The van der Waals surface area contributed by atoms with Gasteiger partial charge in [0.15, 0.2) is 0 Å². The van der Waals surface area contributed by atoms with Crippen LogP contribution in [-0.4, -0.2) is 24.2 Å². The highest BCUT2D eigenvalue weighted by atomic mass is 16.3. The van der Waals surface area contributed by atoms with E-state index in [0.29, 0.717) is 5.92 Å². The van der Waals surface area contributed by atoms with Gasteiger partial charge in [0.25, 0.3) is 0 Å². The number of rotatable bonds is 2. The lowest BCUT2D eigenvalue weighted by Crippen LogP contribution is -2.40. The second-order valence-electron chi connectivity index (χ2n) is 7.54. The molecule has 0 spiro atoms. The zero-order valence-corrected chi connectivity index (χ0v) is 13.4. The molecule has 3 heteroatoms. The third-order valence-electron chi connectivity index (χ3n) is 5.65. The molecule has 0 aromatic heterocycles. The number of aliphatic hydroxyl groups excluding tert-OH is 1. The van der Waals surface area contributed by atoms with Crippen molar-refractivity contribution >= 4 is 11.6 Å². The molecule has 2 aliphatic rings. The number of hydrogen-bond donors (Lipinski definition) is 1. The molecule has 114 valence electrons. The lowest BCUT2D eigenvalue weighted by molar-refractivity contribution is -0.116. The lowest BCUT2D eigenvalue weighted by atomic mass is 9.76. The molecule has 3 rings (SSSR count). The molecule has 1 fully saturated rings. The Hall–Kier alpha value is -1.35. The van der Waals surface area contributed by atoms with Gasteiger partial charge in [-0.1, -0.05) is 32.9 Å². The van der Waals surface area contributed by atoms with Crippen molar-refractivity contribution in [3.8, 4) is 0 Å². The summed E-state index contributed by atoms with van der Waals surface area (Å²) in [5, 5.41) is 9.41. The van der Waals surface area contributed by atoms with Crippen LogP contribution in [0.3, 0.4) is 0 Å². The summed E-state index contributed by atoms with van der Waals surface area (Å²) in [4.78, 5) is 13.7. The summed E-state index contributed by atoms with van der Waals surface area (Å²) >= 11 is 0. The molecule has 2 atom stereocenters. The first kappa shape index (κ1) is 14.6. The molecule has 0 saturated heterocycles. The lowest BCUT2D eigenvalue weighted by Gasteiger charge is -2.39. The van der Waals surface area contributed by atoms with Crippen LogP contribution < -0.4 is 4.90 Å². The van der Waals surface area contributed by atoms with E-state index in [-0.39, 0.29) is 23.3 Å². The van der Waals surface area contributed by atoms with Gasteiger partial charge in [-0.15, -0.1) is 0 Å². The minimum Gasteiger partial charge on any atom is -0.396 e. The Morgan fingerprint density at radius 1 is 1.38 bits per heavy atom. The van der Waals surface area contributed by atoms with Crippen molar-refractivity contribution in [1.29, 1.82) is 0 Å². The van der Waals surface area contributed by atoms with Crippen LogP contribution in [0.15, 0.2) is 18.2 Å². The molecule has 1 heterocycles. The van der Waals surface area contributed by atoms with Crippen LogP contribution in [-0.2, 0) is 15.6 Å². The molecule has 1 aliphatic heterocycles. The molecule has 0 radical (unpaired) electrons. The third kappa shape index (κ3) is 2.18. The summed E-state index contributed by atoms with van der Waals surface area (Å²) in [5.41, 5.74) is 3.84. The van der Waals surface area contributed by atoms with E-state index in [1.165, 1.54) is 11.1 Å². The van der Waals surface area contributed by atoms with Crippen molar-refractivity contribution in [2.24, 2.45) is 5.92 Å². The van der Waals surface area contributed by atoms with Gasteiger partial charge in [0.2, 0.25) is 5.91 Å². The highest BCUT2D eigenvalue weighted by Gasteiger charge is 2.51. The topological polar surface area (TPSA) is 40.5 Å². The Kier molecular flexibility index (Phi) is 3.17. The van der Waals surface area contributed by atoms with Crippen molar-refractivity contribution < 1.29 is 9.90 Å². The second-order valence-corrected chi connectivity index (χ2v) is 7.54. The van der Waals surface area contributed by atoms with E-state index in [1.807, 2.05) is 4.90 Å². The number of anilines is 1. The quantitative estimate of drug-likeness (QED) is 0.908. The van der Waals surface area contributed by atoms with Crippen LogP contribution in [0.1, 0.15) is 51.7 Å². The standard InChI is InChI=1S/C18H25NO2/c1-12(21)19-8-7-17(2,3)15-9-13(5-6-16(15)19)18(4)10-14(18)11-20/h5-6,9,14,20H,7-8,10-11H2,1-4H3. The maximum Gasteiger partial charge on any atom is 0.223 e. The number of hydrogen-bond acceptors (Lipinski definition) is 2. The summed E-state index contributed by atoms with van der Waals surface area (Å²) in [6.07, 6.45) is 2.04. The van der Waals surface area contributed by atoms with Gasteiger partial charge in [-0.25, -0.2) is 0 Å². The number of amides is 1. The van der Waals surface area contributed by atoms with Crippen molar-refractivity contribution in [1.82, 2.24) is 0 Å². The van der Waals surface area contributed by atoms with Gasteiger partial charge in [0.05, 0.1) is 0 Å². The van der Waals surface area contributed by atoms with Crippen molar-refractivity contribution in [2.75, 3.05) is 18.1 Å². The Morgan fingerprint density at radius 2 is 2.10 bits per heavy atom. The number of nitrogens with zero attached hydrogens (tertiary/aromatic N) is 1. The Bertz CT molecular complexity index is 593. The van der Waals surface area contributed by atoms with E-state index >= 15 is 0 Å². The summed E-state index contributed by atoms with van der Waals surface area (Å²) in [5.74, 6) is 0.497. The number of aliphatic hydroxyl groups is 1. The van der Waals surface area contributed by atoms with Gasteiger partial charge < -0.3 is 10.0 Å². The van der Waals surface area contributed by atoms with Gasteiger partial charge in [0.1, 0.15) is 0 Å². The van der Waals surface area contributed by atoms with Crippen LogP contribution >= 0.6 is 0 Å². The minimum absolute atomic E-state index is 0.0945. The average Bonchev–Trinajstić information content (AvgIpc) is 3.10. The van der Waals surface area contributed by atoms with Crippen LogP contribution in [0.5, 0.6) is 0 Å². The molecule has 1 N–H and O–H groups in total. The summed E-state index contributed by atoms with van der Waals surface area (Å²) in [6, 6.07) is 6.52. The summed E-state index contributed by atoms with van der Waals surface area (Å²) in [6.45, 7) is 9.44. The maximum absolute atomic E-state index is 11.9. The highest BCUT2D eigenvalue weighted by Crippen LogP contribution is 2.55. The van der Waals surface area contributed by atoms with E-state index in [9.17, 15) is 9.90 Å². The number of fused-ring (bicyclic) bond motifs is 1. The fourth-order valence-electron chi connectivity index (χ4n) is 3.71. The molecule has 0 bridgehead atoms. The fourth-order valence-corrected chi connectivity index (χ4v) is 3.71. The van der Waals surface area contributed by atoms with Crippen LogP contribution in [0, 0.1) is 5.92 Å². The van der Waals surface area contributed by atoms with Crippen LogP contribution in [0.25, 0.3) is 0 Å². The normalized spacial score (nSPS) is 30.0. The number of carbonyl (C=O) groups excluding carboxylic acids is 1. The molecular weight excluding hydrogens is 262 g/mol. The zero-order chi connectivity index (χ0) is 15.4. The Labute approximate surface area is 127 Å². The average molecular weight is 287 g/mol. The Balaban J connectivity index is 2.06. The van der Waals surface area contributed by atoms with E-state index < -0.39 is 0 Å². The van der Waals surface area contributed by atoms with E-state index in [1.54, 1.807) is 6.92 Å². The maximum atomic E-state index is 11.9. The molecule has 2 unspecified atom stereocenters. The molecule has 21 heavy (non-hydrogen) atoms. The first-order valence-corrected chi connectivity index (χ1v) is 7.83. The summed E-state index contributed by atoms with van der Waals surface area (Å²) < 4.78 is 0. The molecule has 3 nitrogen and oxygen atoms in total. The SMILES string of the molecule is CC(=O)N1CCC(C)(C)c2cc(C3(C)CC3CO)ccc21. The van der Waals surface area contributed by atoms with Gasteiger partial charge in [-0.3, -0.25) is 4.79 Å². The predicted octanol–water partition coefficient (Wildman–Crippen LogP) is 2.99. The Morgan fingerprint density at radius 3 is 2.67 bits per heavy atom. The van der Waals surface area contributed by atoms with Crippen molar-refractivity contribution in [2.45, 2.75) is 51.4 Å². The predicted molar refractivity (Wildman–Crippen MR) is 84.7 cm³/mol. The molecule has 1 aromatic rings. The smallest absolute Gasteiger partial charge is 0.223 e. The van der Waals surface area contributed by atoms with Gasteiger partial charge in [-0.05, 0) is 46.8 Å². The van der Waals surface area contributed by atoms with Crippen LogP contribution in [0.4, 0.5) is 5.69 Å². The highest BCUT2D eigenvalue weighted by molar-refractivity contribution is 5.93. The first-order valence-electron chi connectivity index (χ1n) is 7.83. The fraction of sp³-hybridized carbons (Fsp3) is 0.611. The second kappa shape index (κ2) is 4.57. The van der Waals surface area contributed by atoms with Crippen molar-refractivity contribution in [3.05, 3.63) is 29.3 Å². The zero-order valence-electron chi connectivity index (χ0n) is 13.4.